The van der Waals surface area contributed by atoms with E-state index >= 15 is 0 Å². The lowest BCUT2D eigenvalue weighted by molar-refractivity contribution is -0.145. The van der Waals surface area contributed by atoms with Crippen molar-refractivity contribution >= 4 is 44.3 Å². The molecule has 2 aromatic carbocycles. The summed E-state index contributed by atoms with van der Waals surface area (Å²) in [6, 6.07) is 15.2. The van der Waals surface area contributed by atoms with Crippen LogP contribution < -0.4 is 5.32 Å². The van der Waals surface area contributed by atoms with E-state index in [1.165, 1.54) is 7.11 Å². The van der Waals surface area contributed by atoms with Gasteiger partial charge in [-0.25, -0.2) is 9.78 Å². The van der Waals surface area contributed by atoms with E-state index in [4.69, 9.17) is 4.74 Å². The van der Waals surface area contributed by atoms with Gasteiger partial charge in [-0.05, 0) is 36.6 Å². The lowest BCUT2D eigenvalue weighted by atomic mass is 10.0. The van der Waals surface area contributed by atoms with E-state index in [2.05, 4.69) is 21.4 Å². The Morgan fingerprint density at radius 2 is 1.97 bits per heavy atom. The van der Waals surface area contributed by atoms with E-state index in [-0.39, 0.29) is 5.91 Å². The van der Waals surface area contributed by atoms with Gasteiger partial charge in [0.25, 0.3) is 0 Å². The van der Waals surface area contributed by atoms with Crippen molar-refractivity contribution in [3.05, 3.63) is 65.3 Å². The number of thiazole rings is 1. The maximum Gasteiger partial charge on any atom is 0.328 e. The number of hydrogen-bond acceptors (Lipinski definition) is 5. The molecule has 0 fully saturated rings. The van der Waals surface area contributed by atoms with E-state index in [1.54, 1.807) is 11.3 Å². The molecule has 154 valence electrons. The molecule has 7 heteroatoms. The maximum atomic E-state index is 12.5. The molecule has 0 spiro atoms. The second kappa shape index (κ2) is 9.09. The zero-order valence-electron chi connectivity index (χ0n) is 16.7. The summed E-state index contributed by atoms with van der Waals surface area (Å²) in [5, 5.41) is 4.90. The van der Waals surface area contributed by atoms with Crippen LogP contribution in [0.4, 0.5) is 0 Å². The fourth-order valence-electron chi connectivity index (χ4n) is 3.55. The molecule has 0 bridgehead atoms. The van der Waals surface area contributed by atoms with Crippen LogP contribution in [0.1, 0.15) is 23.4 Å². The van der Waals surface area contributed by atoms with Crippen molar-refractivity contribution in [2.24, 2.45) is 0 Å². The number of aromatic nitrogens is 2. The van der Waals surface area contributed by atoms with Crippen molar-refractivity contribution in [2.75, 3.05) is 7.11 Å². The van der Waals surface area contributed by atoms with Crippen LogP contribution in [0.3, 0.4) is 0 Å². The molecule has 2 heterocycles. The zero-order chi connectivity index (χ0) is 20.9. The Kier molecular flexibility index (Phi) is 6.09. The molecule has 0 radical (unpaired) electrons. The quantitative estimate of drug-likeness (QED) is 0.421. The number of nitrogens with zero attached hydrogens (tertiary/aromatic N) is 1. The van der Waals surface area contributed by atoms with Gasteiger partial charge in [-0.15, -0.1) is 11.3 Å². The number of carbonyl (C=O) groups excluding carboxylic acids is 2. The third-order valence-electron chi connectivity index (χ3n) is 5.05. The minimum atomic E-state index is -0.718. The lowest BCUT2D eigenvalue weighted by Gasteiger charge is -2.16. The number of para-hydroxylation sites is 2. The predicted octanol–water partition coefficient (Wildman–Crippen LogP) is 4.00. The molecule has 4 rings (SSSR count). The number of esters is 1. The normalized spacial score (nSPS) is 12.2. The van der Waals surface area contributed by atoms with Gasteiger partial charge < -0.3 is 15.0 Å². The Labute approximate surface area is 178 Å². The molecule has 0 saturated heterocycles. The van der Waals surface area contributed by atoms with Crippen molar-refractivity contribution in [2.45, 2.75) is 31.7 Å². The molecule has 0 unspecified atom stereocenters. The Morgan fingerprint density at radius 1 is 1.17 bits per heavy atom. The van der Waals surface area contributed by atoms with Gasteiger partial charge in [0, 0.05) is 29.9 Å². The topological polar surface area (TPSA) is 84.1 Å². The fourth-order valence-corrected chi connectivity index (χ4v) is 4.56. The predicted molar refractivity (Wildman–Crippen MR) is 119 cm³/mol. The first-order valence-corrected chi connectivity index (χ1v) is 10.7. The van der Waals surface area contributed by atoms with Gasteiger partial charge in [-0.2, -0.15) is 0 Å². The number of fused-ring (bicyclic) bond motifs is 2. The van der Waals surface area contributed by atoms with Crippen LogP contribution in [0.25, 0.3) is 21.1 Å². The number of rotatable bonds is 8. The van der Waals surface area contributed by atoms with Crippen molar-refractivity contribution in [1.82, 2.24) is 15.3 Å². The number of ether oxygens (including phenoxy) is 1. The van der Waals surface area contributed by atoms with E-state index in [0.717, 1.165) is 38.1 Å². The van der Waals surface area contributed by atoms with E-state index < -0.39 is 12.0 Å². The molecule has 0 aliphatic rings. The van der Waals surface area contributed by atoms with Crippen LogP contribution in [0.2, 0.25) is 0 Å². The highest BCUT2D eigenvalue weighted by atomic mass is 32.1. The van der Waals surface area contributed by atoms with Crippen molar-refractivity contribution < 1.29 is 14.3 Å². The van der Waals surface area contributed by atoms with E-state index in [0.29, 0.717) is 19.3 Å². The van der Waals surface area contributed by atoms with Crippen molar-refractivity contribution in [1.29, 1.82) is 0 Å². The van der Waals surface area contributed by atoms with Crippen molar-refractivity contribution in [3.63, 3.8) is 0 Å². The average molecular weight is 422 g/mol. The first-order chi connectivity index (χ1) is 14.6. The first-order valence-electron chi connectivity index (χ1n) is 9.90. The molecule has 2 aromatic heterocycles. The van der Waals surface area contributed by atoms with Crippen LogP contribution >= 0.6 is 11.3 Å². The third kappa shape index (κ3) is 4.52. The highest BCUT2D eigenvalue weighted by Crippen LogP contribution is 2.23. The number of benzene rings is 2. The molecular weight excluding hydrogens is 398 g/mol. The number of nitrogens with one attached hydrogen (secondary N) is 2. The van der Waals surface area contributed by atoms with Gasteiger partial charge in [-0.1, -0.05) is 30.3 Å². The van der Waals surface area contributed by atoms with Gasteiger partial charge >= 0.3 is 5.97 Å². The van der Waals surface area contributed by atoms with Crippen LogP contribution in [0.15, 0.2) is 54.7 Å². The number of H-pyrrole nitrogens is 1. The monoisotopic (exact) mass is 421 g/mol. The first kappa shape index (κ1) is 20.1. The molecule has 1 amide bonds. The summed E-state index contributed by atoms with van der Waals surface area (Å²) in [4.78, 5) is 32.5. The van der Waals surface area contributed by atoms with E-state index in [9.17, 15) is 9.59 Å². The molecule has 30 heavy (non-hydrogen) atoms. The highest BCUT2D eigenvalue weighted by molar-refractivity contribution is 7.18. The molecule has 2 N–H and O–H groups in total. The van der Waals surface area contributed by atoms with Gasteiger partial charge in [0.15, 0.2) is 0 Å². The maximum absolute atomic E-state index is 12.5. The lowest BCUT2D eigenvalue weighted by Crippen LogP contribution is -2.43. The van der Waals surface area contributed by atoms with Crippen LogP contribution in [-0.4, -0.2) is 35.0 Å². The van der Waals surface area contributed by atoms with Crippen LogP contribution in [0.5, 0.6) is 0 Å². The second-order valence-electron chi connectivity index (χ2n) is 7.14. The summed E-state index contributed by atoms with van der Waals surface area (Å²) in [6.45, 7) is 0. The van der Waals surface area contributed by atoms with Gasteiger partial charge in [0.2, 0.25) is 5.91 Å². The second-order valence-corrected chi connectivity index (χ2v) is 8.25. The molecular formula is C23H23N3O3S. The summed E-state index contributed by atoms with van der Waals surface area (Å²) in [7, 11) is 1.34. The minimum absolute atomic E-state index is 0.161. The largest absolute Gasteiger partial charge is 0.467 e. The Bertz CT molecular complexity index is 1150. The molecule has 0 aliphatic carbocycles. The molecule has 4 aromatic rings. The number of carbonyl (C=O) groups is 2. The van der Waals surface area contributed by atoms with Gasteiger partial charge in [0.05, 0.1) is 22.3 Å². The summed E-state index contributed by atoms with van der Waals surface area (Å²) >= 11 is 1.65. The zero-order valence-corrected chi connectivity index (χ0v) is 17.5. The van der Waals surface area contributed by atoms with Gasteiger partial charge in [-0.3, -0.25) is 4.79 Å². The average Bonchev–Trinajstić information content (AvgIpc) is 3.36. The SMILES string of the molecule is COC(=O)[C@H](Cc1c[nH]c2ccccc12)NC(=O)CCCc1nc2ccccc2s1. The van der Waals surface area contributed by atoms with Gasteiger partial charge in [0.1, 0.15) is 6.04 Å². The number of amides is 1. The molecule has 1 atom stereocenters. The molecule has 6 nitrogen and oxygen atoms in total. The molecule has 0 aliphatic heterocycles. The minimum Gasteiger partial charge on any atom is -0.467 e. The smallest absolute Gasteiger partial charge is 0.328 e. The number of hydrogen-bond donors (Lipinski definition) is 2. The summed E-state index contributed by atoms with van der Waals surface area (Å²) < 4.78 is 6.06. The fraction of sp³-hybridized carbons (Fsp3) is 0.261. The number of aromatic amines is 1. The molecule has 0 saturated carbocycles. The third-order valence-corrected chi connectivity index (χ3v) is 6.15. The number of methoxy groups -OCH3 is 1. The number of aryl methyl sites for hydroxylation is 1. The summed E-state index contributed by atoms with van der Waals surface area (Å²) in [5.41, 5.74) is 2.96. The van der Waals surface area contributed by atoms with E-state index in [1.807, 2.05) is 48.7 Å². The Morgan fingerprint density at radius 3 is 2.80 bits per heavy atom. The Balaban J connectivity index is 1.35. The van der Waals surface area contributed by atoms with Crippen LogP contribution in [0, 0.1) is 0 Å². The Hall–Kier alpha value is -3.19. The van der Waals surface area contributed by atoms with Crippen molar-refractivity contribution in [3.8, 4) is 0 Å². The van der Waals surface area contributed by atoms with Crippen LogP contribution in [-0.2, 0) is 27.2 Å². The highest BCUT2D eigenvalue weighted by Gasteiger charge is 2.23. The summed E-state index contributed by atoms with van der Waals surface area (Å²) in [5.74, 6) is -0.605. The standard InChI is InChI=1S/C23H23N3O3S/c1-29-23(28)19(13-15-14-24-17-8-3-2-7-16(15)17)25-21(27)11-6-12-22-26-18-9-4-5-10-20(18)30-22/h2-5,7-10,14,19,24H,6,11-13H2,1H3,(H,25,27)/t19-/m0/s1. The summed E-state index contributed by atoms with van der Waals surface area (Å²) in [6.07, 6.45) is 3.99.